The highest BCUT2D eigenvalue weighted by Crippen LogP contribution is 2.30. The molecular weight excluding hydrogens is 200 g/mol. The summed E-state index contributed by atoms with van der Waals surface area (Å²) in [5.74, 6) is 0. The second-order valence-corrected chi connectivity index (χ2v) is 4.45. The van der Waals surface area contributed by atoms with Gasteiger partial charge in [-0.2, -0.15) is 11.3 Å². The van der Waals surface area contributed by atoms with E-state index < -0.39 is 0 Å². The molecule has 0 atom stereocenters. The molecule has 0 spiro atoms. The molecule has 0 amide bonds. The highest BCUT2D eigenvalue weighted by Gasteiger charge is 2.08. The Balaban J connectivity index is 2.61. The van der Waals surface area contributed by atoms with Crippen molar-refractivity contribution in [2.24, 2.45) is 0 Å². The molecule has 0 aliphatic rings. The Morgan fingerprint density at radius 2 is 1.67 bits per heavy atom. The summed E-state index contributed by atoms with van der Waals surface area (Å²) in [6.07, 6.45) is 2.22. The topological polar surface area (TPSA) is 0 Å². The molecule has 0 N–H and O–H groups in total. The van der Waals surface area contributed by atoms with Crippen molar-refractivity contribution in [1.82, 2.24) is 0 Å². The first-order valence-corrected chi connectivity index (χ1v) is 6.44. The van der Waals surface area contributed by atoms with Crippen molar-refractivity contribution in [3.05, 3.63) is 46.2 Å². The molecule has 2 aromatic rings. The van der Waals surface area contributed by atoms with E-state index in [2.05, 4.69) is 48.9 Å². The molecule has 1 heteroatoms. The van der Waals surface area contributed by atoms with E-state index in [1.165, 1.54) is 22.3 Å². The van der Waals surface area contributed by atoms with Gasteiger partial charge in [0.1, 0.15) is 0 Å². The lowest BCUT2D eigenvalue weighted by Crippen LogP contribution is -1.92. The number of hydrogen-bond donors (Lipinski definition) is 0. The van der Waals surface area contributed by atoms with E-state index >= 15 is 0 Å². The van der Waals surface area contributed by atoms with Crippen molar-refractivity contribution in [2.45, 2.75) is 26.7 Å². The van der Waals surface area contributed by atoms with Crippen LogP contribution in [0.1, 0.15) is 25.0 Å². The summed E-state index contributed by atoms with van der Waals surface area (Å²) >= 11 is 1.77. The summed E-state index contributed by atoms with van der Waals surface area (Å²) in [5.41, 5.74) is 5.78. The van der Waals surface area contributed by atoms with Crippen molar-refractivity contribution in [3.8, 4) is 11.1 Å². The summed E-state index contributed by atoms with van der Waals surface area (Å²) in [4.78, 5) is 0. The number of rotatable bonds is 3. The van der Waals surface area contributed by atoms with Gasteiger partial charge in [-0.05, 0) is 51.9 Å². The highest BCUT2D eigenvalue weighted by molar-refractivity contribution is 7.08. The van der Waals surface area contributed by atoms with Crippen LogP contribution in [0.25, 0.3) is 11.1 Å². The van der Waals surface area contributed by atoms with Gasteiger partial charge in [0.05, 0.1) is 0 Å². The summed E-state index contributed by atoms with van der Waals surface area (Å²) < 4.78 is 0. The second-order valence-electron chi connectivity index (χ2n) is 3.67. The fraction of sp³-hybridized carbons (Fsp3) is 0.286. The largest absolute Gasteiger partial charge is 0.152 e. The monoisotopic (exact) mass is 216 g/mol. The first-order valence-electron chi connectivity index (χ1n) is 5.50. The van der Waals surface area contributed by atoms with Gasteiger partial charge in [-0.3, -0.25) is 0 Å². The van der Waals surface area contributed by atoms with Crippen LogP contribution in [0.2, 0.25) is 0 Å². The van der Waals surface area contributed by atoms with Gasteiger partial charge in [0.2, 0.25) is 0 Å². The minimum absolute atomic E-state index is 1.11. The quantitative estimate of drug-likeness (QED) is 0.706. The van der Waals surface area contributed by atoms with E-state index in [-0.39, 0.29) is 0 Å². The summed E-state index contributed by atoms with van der Waals surface area (Å²) in [6, 6.07) is 8.88. The molecule has 0 saturated carbocycles. The van der Waals surface area contributed by atoms with Gasteiger partial charge < -0.3 is 0 Å². The minimum atomic E-state index is 1.11. The van der Waals surface area contributed by atoms with Crippen molar-refractivity contribution in [1.29, 1.82) is 0 Å². The molecule has 0 saturated heterocycles. The van der Waals surface area contributed by atoms with Crippen LogP contribution in [-0.2, 0) is 12.8 Å². The standard InChI is InChI=1S/C14H16S/c1-3-11-6-5-7-12(4-2)14(11)13-8-9-15-10-13/h5-10H,3-4H2,1-2H3. The van der Waals surface area contributed by atoms with Crippen LogP contribution in [0, 0.1) is 0 Å². The molecule has 2 rings (SSSR count). The van der Waals surface area contributed by atoms with Gasteiger partial charge >= 0.3 is 0 Å². The highest BCUT2D eigenvalue weighted by atomic mass is 32.1. The van der Waals surface area contributed by atoms with E-state index in [1.54, 1.807) is 11.3 Å². The second kappa shape index (κ2) is 4.63. The van der Waals surface area contributed by atoms with E-state index in [1.807, 2.05) is 0 Å². The molecule has 15 heavy (non-hydrogen) atoms. The van der Waals surface area contributed by atoms with Crippen LogP contribution in [0.5, 0.6) is 0 Å². The molecule has 0 bridgehead atoms. The van der Waals surface area contributed by atoms with Crippen molar-refractivity contribution >= 4 is 11.3 Å². The Bertz CT molecular complexity index is 404. The fourth-order valence-electron chi connectivity index (χ4n) is 2.02. The Hall–Kier alpha value is -1.08. The third-order valence-corrected chi connectivity index (χ3v) is 3.49. The Morgan fingerprint density at radius 3 is 2.13 bits per heavy atom. The lowest BCUT2D eigenvalue weighted by molar-refractivity contribution is 1.09. The molecule has 0 aliphatic carbocycles. The van der Waals surface area contributed by atoms with Crippen molar-refractivity contribution in [2.75, 3.05) is 0 Å². The third-order valence-electron chi connectivity index (χ3n) is 2.81. The summed E-state index contributed by atoms with van der Waals surface area (Å²) in [7, 11) is 0. The first-order chi connectivity index (χ1) is 7.36. The van der Waals surface area contributed by atoms with Crippen LogP contribution < -0.4 is 0 Å². The van der Waals surface area contributed by atoms with Crippen LogP contribution in [0.3, 0.4) is 0 Å². The molecule has 1 heterocycles. The van der Waals surface area contributed by atoms with Crippen LogP contribution in [-0.4, -0.2) is 0 Å². The van der Waals surface area contributed by atoms with Gasteiger partial charge in [0.15, 0.2) is 0 Å². The van der Waals surface area contributed by atoms with E-state index in [0.717, 1.165) is 12.8 Å². The molecule has 0 radical (unpaired) electrons. The van der Waals surface area contributed by atoms with Gasteiger partial charge in [-0.15, -0.1) is 0 Å². The average molecular weight is 216 g/mol. The van der Waals surface area contributed by atoms with Crippen LogP contribution in [0.4, 0.5) is 0 Å². The zero-order valence-corrected chi connectivity index (χ0v) is 10.1. The van der Waals surface area contributed by atoms with Gasteiger partial charge in [0.25, 0.3) is 0 Å². The molecule has 0 aliphatic heterocycles. The van der Waals surface area contributed by atoms with E-state index in [9.17, 15) is 0 Å². The smallest absolute Gasteiger partial charge is 0.00145 e. The molecule has 1 aromatic carbocycles. The lowest BCUT2D eigenvalue weighted by atomic mass is 9.93. The maximum atomic E-state index is 2.24. The fourth-order valence-corrected chi connectivity index (χ4v) is 2.67. The third kappa shape index (κ3) is 1.98. The van der Waals surface area contributed by atoms with E-state index in [4.69, 9.17) is 0 Å². The molecular formula is C14H16S. The molecule has 0 fully saturated rings. The zero-order chi connectivity index (χ0) is 10.7. The Morgan fingerprint density at radius 1 is 1.00 bits per heavy atom. The molecule has 0 unspecified atom stereocenters. The van der Waals surface area contributed by atoms with E-state index in [0.29, 0.717) is 0 Å². The van der Waals surface area contributed by atoms with Crippen molar-refractivity contribution in [3.63, 3.8) is 0 Å². The Labute approximate surface area is 95.6 Å². The summed E-state index contributed by atoms with van der Waals surface area (Å²) in [6.45, 7) is 4.45. The first kappa shape index (κ1) is 10.4. The maximum Gasteiger partial charge on any atom is -0.00145 e. The van der Waals surface area contributed by atoms with Gasteiger partial charge in [-0.1, -0.05) is 32.0 Å². The lowest BCUT2D eigenvalue weighted by Gasteiger charge is -2.11. The van der Waals surface area contributed by atoms with Crippen LogP contribution in [0.15, 0.2) is 35.0 Å². The normalized spacial score (nSPS) is 10.5. The van der Waals surface area contributed by atoms with Crippen LogP contribution >= 0.6 is 11.3 Å². The Kier molecular flexibility index (Phi) is 3.22. The molecule has 0 nitrogen and oxygen atoms in total. The minimum Gasteiger partial charge on any atom is -0.152 e. The number of hydrogen-bond acceptors (Lipinski definition) is 1. The molecule has 78 valence electrons. The maximum absolute atomic E-state index is 2.24. The molecule has 1 aromatic heterocycles. The number of aryl methyl sites for hydroxylation is 2. The average Bonchev–Trinajstić information content (AvgIpc) is 2.81. The SMILES string of the molecule is CCc1cccc(CC)c1-c1ccsc1. The number of benzene rings is 1. The van der Waals surface area contributed by atoms with Crippen molar-refractivity contribution < 1.29 is 0 Å². The predicted molar refractivity (Wildman–Crippen MR) is 68.5 cm³/mol. The predicted octanol–water partition coefficient (Wildman–Crippen LogP) is 4.54. The summed E-state index contributed by atoms with van der Waals surface area (Å²) in [5, 5.41) is 4.40. The van der Waals surface area contributed by atoms with Gasteiger partial charge in [0, 0.05) is 0 Å². The van der Waals surface area contributed by atoms with Gasteiger partial charge in [-0.25, -0.2) is 0 Å². The number of thiophene rings is 1. The zero-order valence-electron chi connectivity index (χ0n) is 9.29.